The molecule has 90 valence electrons. The van der Waals surface area contributed by atoms with E-state index in [4.69, 9.17) is 21.4 Å². The van der Waals surface area contributed by atoms with E-state index in [9.17, 15) is 4.79 Å². The number of carbonyl (C=O) groups is 1. The quantitative estimate of drug-likeness (QED) is 0.645. The van der Waals surface area contributed by atoms with Gasteiger partial charge in [-0.15, -0.1) is 0 Å². The number of ether oxygens (including phenoxy) is 1. The number of halogens is 1. The highest BCUT2D eigenvalue weighted by molar-refractivity contribution is 6.32. The van der Waals surface area contributed by atoms with E-state index in [1.165, 1.54) is 6.08 Å². The van der Waals surface area contributed by atoms with Gasteiger partial charge in [-0.1, -0.05) is 35.9 Å². The summed E-state index contributed by atoms with van der Waals surface area (Å²) in [6, 6.07) is 5.39. The van der Waals surface area contributed by atoms with Crippen molar-refractivity contribution in [3.8, 4) is 5.75 Å². The molecule has 1 N–H and O–H groups in total. The van der Waals surface area contributed by atoms with Crippen molar-refractivity contribution < 1.29 is 14.6 Å². The molecule has 0 saturated heterocycles. The largest absolute Gasteiger partial charge is 0.492 e. The minimum Gasteiger partial charge on any atom is -0.492 e. The third-order valence-corrected chi connectivity index (χ3v) is 2.19. The Morgan fingerprint density at radius 2 is 2.24 bits per heavy atom. The molecule has 0 bridgehead atoms. The molecule has 0 aliphatic carbocycles. The Bertz CT molecular complexity index is 450. The summed E-state index contributed by atoms with van der Waals surface area (Å²) in [6.45, 7) is 2.46. The summed E-state index contributed by atoms with van der Waals surface area (Å²) >= 11 is 6.00. The van der Waals surface area contributed by atoms with E-state index in [0.717, 1.165) is 11.6 Å². The molecule has 3 nitrogen and oxygen atoms in total. The Morgan fingerprint density at radius 3 is 2.82 bits per heavy atom. The van der Waals surface area contributed by atoms with Gasteiger partial charge >= 0.3 is 5.97 Å². The zero-order valence-corrected chi connectivity index (χ0v) is 10.1. The fourth-order valence-electron chi connectivity index (χ4n) is 1.20. The van der Waals surface area contributed by atoms with E-state index >= 15 is 0 Å². The molecule has 17 heavy (non-hydrogen) atoms. The van der Waals surface area contributed by atoms with Crippen LogP contribution in [0.2, 0.25) is 5.02 Å². The van der Waals surface area contributed by atoms with Crippen LogP contribution in [0.15, 0.2) is 36.4 Å². The molecule has 4 heteroatoms. The summed E-state index contributed by atoms with van der Waals surface area (Å²) < 4.78 is 5.30. The van der Waals surface area contributed by atoms with Crippen LogP contribution in [-0.2, 0) is 4.79 Å². The first-order valence-electron chi connectivity index (χ1n) is 5.13. The zero-order chi connectivity index (χ0) is 12.7. The van der Waals surface area contributed by atoms with Crippen LogP contribution in [-0.4, -0.2) is 17.7 Å². The number of carboxylic acids is 1. The van der Waals surface area contributed by atoms with Gasteiger partial charge in [0.25, 0.3) is 0 Å². The van der Waals surface area contributed by atoms with Gasteiger partial charge in [0.05, 0.1) is 11.6 Å². The van der Waals surface area contributed by atoms with Crippen molar-refractivity contribution in [3.05, 3.63) is 47.0 Å². The second-order valence-electron chi connectivity index (χ2n) is 3.18. The van der Waals surface area contributed by atoms with E-state index in [1.807, 2.05) is 13.0 Å². The molecule has 0 fully saturated rings. The summed E-state index contributed by atoms with van der Waals surface area (Å²) in [5.74, 6) is -0.327. The van der Waals surface area contributed by atoms with Crippen molar-refractivity contribution in [1.29, 1.82) is 0 Å². The topological polar surface area (TPSA) is 46.5 Å². The second kappa shape index (κ2) is 6.76. The molecule has 0 unspecified atom stereocenters. The van der Waals surface area contributed by atoms with E-state index in [0.29, 0.717) is 17.4 Å². The van der Waals surface area contributed by atoms with Crippen molar-refractivity contribution in [1.82, 2.24) is 0 Å². The van der Waals surface area contributed by atoms with Crippen molar-refractivity contribution in [3.63, 3.8) is 0 Å². The van der Waals surface area contributed by atoms with Crippen molar-refractivity contribution in [2.75, 3.05) is 6.61 Å². The highest BCUT2D eigenvalue weighted by atomic mass is 35.5. The van der Waals surface area contributed by atoms with Gasteiger partial charge < -0.3 is 9.84 Å². The molecule has 0 aliphatic rings. The maximum Gasteiger partial charge on any atom is 0.328 e. The SMILES string of the molecule is CCOc1ccc(/C=C/C=C/C(=O)O)cc1Cl. The van der Waals surface area contributed by atoms with Crippen LogP contribution >= 0.6 is 11.6 Å². The molecule has 1 rings (SSSR count). The van der Waals surface area contributed by atoms with Crippen LogP contribution in [0.3, 0.4) is 0 Å². The van der Waals surface area contributed by atoms with Gasteiger partial charge in [-0.2, -0.15) is 0 Å². The summed E-state index contributed by atoms with van der Waals surface area (Å²) in [4.78, 5) is 10.2. The second-order valence-corrected chi connectivity index (χ2v) is 3.59. The molecule has 0 aliphatic heterocycles. The summed E-state index contributed by atoms with van der Waals surface area (Å²) in [7, 11) is 0. The van der Waals surface area contributed by atoms with Crippen molar-refractivity contribution >= 4 is 23.6 Å². The van der Waals surface area contributed by atoms with E-state index < -0.39 is 5.97 Å². The Balaban J connectivity index is 2.73. The number of aliphatic carboxylic acids is 1. The zero-order valence-electron chi connectivity index (χ0n) is 9.39. The Morgan fingerprint density at radius 1 is 1.47 bits per heavy atom. The number of carboxylic acid groups (broad SMARTS) is 1. The van der Waals surface area contributed by atoms with Crippen molar-refractivity contribution in [2.24, 2.45) is 0 Å². The fourth-order valence-corrected chi connectivity index (χ4v) is 1.44. The average molecular weight is 253 g/mol. The Labute approximate surface area is 105 Å². The van der Waals surface area contributed by atoms with Crippen LogP contribution < -0.4 is 4.74 Å². The summed E-state index contributed by atoms with van der Waals surface area (Å²) in [5, 5.41) is 8.93. The number of hydrogen-bond acceptors (Lipinski definition) is 2. The lowest BCUT2D eigenvalue weighted by molar-refractivity contribution is -0.131. The first kappa shape index (κ1) is 13.3. The number of hydrogen-bond donors (Lipinski definition) is 1. The number of allylic oxidation sites excluding steroid dienone is 2. The highest BCUT2D eigenvalue weighted by Gasteiger charge is 2.00. The van der Waals surface area contributed by atoms with Gasteiger partial charge in [0.2, 0.25) is 0 Å². The van der Waals surface area contributed by atoms with E-state index in [1.54, 1.807) is 24.3 Å². The molecular formula is C13H13ClO3. The number of benzene rings is 1. The van der Waals surface area contributed by atoms with Crippen LogP contribution in [0.5, 0.6) is 5.75 Å². The van der Waals surface area contributed by atoms with Gasteiger partial charge in [-0.25, -0.2) is 4.79 Å². The molecule has 0 heterocycles. The van der Waals surface area contributed by atoms with E-state index in [2.05, 4.69) is 0 Å². The Hall–Kier alpha value is -1.74. The smallest absolute Gasteiger partial charge is 0.328 e. The summed E-state index contributed by atoms with van der Waals surface area (Å²) in [5.41, 5.74) is 0.883. The third-order valence-electron chi connectivity index (χ3n) is 1.89. The van der Waals surface area contributed by atoms with Crippen LogP contribution in [0, 0.1) is 0 Å². The molecule has 0 aromatic heterocycles. The maximum atomic E-state index is 10.2. The van der Waals surface area contributed by atoms with Gasteiger partial charge in [0.15, 0.2) is 0 Å². The molecule has 1 aromatic carbocycles. The third kappa shape index (κ3) is 4.74. The first-order chi connectivity index (χ1) is 8.13. The van der Waals surface area contributed by atoms with Gasteiger partial charge in [0, 0.05) is 6.08 Å². The predicted octanol–water partition coefficient (Wildman–Crippen LogP) is 3.39. The molecule has 1 aromatic rings. The Kier molecular flexibility index (Phi) is 5.30. The molecular weight excluding hydrogens is 240 g/mol. The molecule has 0 radical (unpaired) electrons. The minimum atomic E-state index is -0.973. The van der Waals surface area contributed by atoms with Crippen LogP contribution in [0.25, 0.3) is 6.08 Å². The monoisotopic (exact) mass is 252 g/mol. The standard InChI is InChI=1S/C13H13ClO3/c1-2-17-12-8-7-10(9-11(12)14)5-3-4-6-13(15)16/h3-9H,2H2,1H3,(H,15,16)/b5-3+,6-4+. The van der Waals surface area contributed by atoms with E-state index in [-0.39, 0.29) is 0 Å². The van der Waals surface area contributed by atoms with Gasteiger partial charge in [-0.3, -0.25) is 0 Å². The molecule has 0 spiro atoms. The van der Waals surface area contributed by atoms with Crippen LogP contribution in [0.1, 0.15) is 12.5 Å². The highest BCUT2D eigenvalue weighted by Crippen LogP contribution is 2.25. The number of rotatable bonds is 5. The van der Waals surface area contributed by atoms with Gasteiger partial charge in [0.1, 0.15) is 5.75 Å². The average Bonchev–Trinajstić information content (AvgIpc) is 2.28. The molecule has 0 amide bonds. The fraction of sp³-hybridized carbons (Fsp3) is 0.154. The lowest BCUT2D eigenvalue weighted by atomic mass is 10.2. The summed E-state index contributed by atoms with van der Waals surface area (Å²) in [6.07, 6.45) is 5.92. The lowest BCUT2D eigenvalue weighted by Gasteiger charge is -2.05. The van der Waals surface area contributed by atoms with Crippen LogP contribution in [0.4, 0.5) is 0 Å². The first-order valence-corrected chi connectivity index (χ1v) is 5.51. The molecule has 0 saturated carbocycles. The van der Waals surface area contributed by atoms with Gasteiger partial charge in [-0.05, 0) is 24.6 Å². The van der Waals surface area contributed by atoms with Crippen molar-refractivity contribution in [2.45, 2.75) is 6.92 Å². The normalized spacial score (nSPS) is 11.2. The maximum absolute atomic E-state index is 10.2. The lowest BCUT2D eigenvalue weighted by Crippen LogP contribution is -1.91. The predicted molar refractivity (Wildman–Crippen MR) is 68.4 cm³/mol. The minimum absolute atomic E-state index is 0.538. The molecule has 0 atom stereocenters.